The van der Waals surface area contributed by atoms with Crippen LogP contribution in [0.25, 0.3) is 10.2 Å². The highest BCUT2D eigenvalue weighted by Crippen LogP contribution is 2.28. The summed E-state index contributed by atoms with van der Waals surface area (Å²) in [5.41, 5.74) is 0.674. The number of anilines is 1. The number of carbonyl (C=O) groups is 3. The van der Waals surface area contributed by atoms with Crippen LogP contribution in [-0.2, 0) is 16.0 Å². The Morgan fingerprint density at radius 2 is 1.70 bits per heavy atom. The Morgan fingerprint density at radius 3 is 2.23 bits per heavy atom. The molecule has 1 aromatic carbocycles. The molecule has 3 aromatic rings. The van der Waals surface area contributed by atoms with Gasteiger partial charge in [-0.25, -0.2) is 14.6 Å². The Bertz CT molecular complexity index is 1190. The normalized spacial score (nSPS) is 10.7. The number of esters is 2. The highest BCUT2D eigenvalue weighted by atomic mass is 32.1. The molecule has 30 heavy (non-hydrogen) atoms. The first-order chi connectivity index (χ1) is 14.3. The van der Waals surface area contributed by atoms with Crippen molar-refractivity contribution in [2.45, 2.75) is 20.4 Å². The maximum Gasteiger partial charge on any atom is 0.337 e. The topological polar surface area (TPSA) is 117 Å². The molecule has 0 aliphatic rings. The number of fused-ring (bicyclic) bond motifs is 1. The van der Waals surface area contributed by atoms with Gasteiger partial charge in [-0.3, -0.25) is 14.2 Å². The summed E-state index contributed by atoms with van der Waals surface area (Å²) in [5.74, 6) is -1.83. The van der Waals surface area contributed by atoms with E-state index in [0.717, 1.165) is 11.3 Å². The summed E-state index contributed by atoms with van der Waals surface area (Å²) in [6.07, 6.45) is 1.45. The fourth-order valence-corrected chi connectivity index (χ4v) is 3.99. The molecule has 0 bridgehead atoms. The lowest BCUT2D eigenvalue weighted by Crippen LogP contribution is -2.19. The number of hydrogen-bond acceptors (Lipinski definition) is 8. The average molecular weight is 429 g/mol. The highest BCUT2D eigenvalue weighted by Gasteiger charge is 2.21. The first kappa shape index (κ1) is 21.2. The van der Waals surface area contributed by atoms with Gasteiger partial charge in [-0.15, -0.1) is 11.3 Å². The number of ether oxygens (including phenoxy) is 2. The predicted octanol–water partition coefficient (Wildman–Crippen LogP) is 2.61. The van der Waals surface area contributed by atoms with Gasteiger partial charge in [-0.2, -0.15) is 0 Å². The lowest BCUT2D eigenvalue weighted by atomic mass is 10.1. The van der Waals surface area contributed by atoms with Crippen molar-refractivity contribution in [3.8, 4) is 0 Å². The van der Waals surface area contributed by atoms with Crippen molar-refractivity contribution < 1.29 is 23.9 Å². The minimum Gasteiger partial charge on any atom is -0.465 e. The van der Waals surface area contributed by atoms with Gasteiger partial charge in [0.25, 0.3) is 11.5 Å². The maximum absolute atomic E-state index is 12.9. The molecule has 0 atom stereocenters. The SMILES string of the molecule is CCn1cnc2sc(C(=O)Nc3cc(C(=O)OC)cc(C(=O)OC)c3)c(C)c2c1=O. The van der Waals surface area contributed by atoms with Gasteiger partial charge in [0.05, 0.1) is 41.9 Å². The van der Waals surface area contributed by atoms with E-state index in [1.165, 1.54) is 43.3 Å². The second kappa shape index (κ2) is 8.46. The summed E-state index contributed by atoms with van der Waals surface area (Å²) in [6.45, 7) is 3.98. The fraction of sp³-hybridized carbons (Fsp3) is 0.250. The predicted molar refractivity (Wildman–Crippen MR) is 111 cm³/mol. The third-order valence-corrected chi connectivity index (χ3v) is 5.70. The van der Waals surface area contributed by atoms with E-state index >= 15 is 0 Å². The van der Waals surface area contributed by atoms with Gasteiger partial charge < -0.3 is 14.8 Å². The standard InChI is InChI=1S/C20H19N3O6S/c1-5-23-9-21-17-14(18(23)25)10(2)15(30-17)16(24)22-13-7-11(19(26)28-3)6-12(8-13)20(27)29-4/h6-9H,5H2,1-4H3,(H,22,24). The number of hydrogen-bond donors (Lipinski definition) is 1. The van der Waals surface area contributed by atoms with Crippen LogP contribution in [0.15, 0.2) is 29.3 Å². The van der Waals surface area contributed by atoms with Gasteiger partial charge in [-0.1, -0.05) is 0 Å². The van der Waals surface area contributed by atoms with E-state index in [0.29, 0.717) is 27.2 Å². The molecule has 2 heterocycles. The van der Waals surface area contributed by atoms with Crippen LogP contribution >= 0.6 is 11.3 Å². The monoisotopic (exact) mass is 429 g/mol. The number of rotatable bonds is 5. The Hall–Kier alpha value is -3.53. The minimum atomic E-state index is -0.668. The summed E-state index contributed by atoms with van der Waals surface area (Å²) < 4.78 is 10.9. The van der Waals surface area contributed by atoms with E-state index in [4.69, 9.17) is 9.47 Å². The molecular weight excluding hydrogens is 410 g/mol. The second-order valence-corrected chi connectivity index (χ2v) is 7.31. The van der Waals surface area contributed by atoms with Crippen LogP contribution < -0.4 is 10.9 Å². The van der Waals surface area contributed by atoms with Crippen LogP contribution in [0, 0.1) is 6.92 Å². The van der Waals surface area contributed by atoms with Crippen LogP contribution in [0.5, 0.6) is 0 Å². The molecule has 0 aliphatic carbocycles. The Morgan fingerprint density at radius 1 is 1.10 bits per heavy atom. The molecule has 9 nitrogen and oxygen atoms in total. The molecule has 156 valence electrons. The largest absolute Gasteiger partial charge is 0.465 e. The number of carbonyl (C=O) groups excluding carboxylic acids is 3. The number of aryl methyl sites for hydroxylation is 2. The molecular formula is C20H19N3O6S. The van der Waals surface area contributed by atoms with E-state index in [-0.39, 0.29) is 22.4 Å². The number of nitrogens with one attached hydrogen (secondary N) is 1. The number of benzene rings is 1. The zero-order valence-electron chi connectivity index (χ0n) is 16.8. The molecule has 0 unspecified atom stereocenters. The molecule has 1 amide bonds. The third kappa shape index (κ3) is 3.81. The zero-order valence-corrected chi connectivity index (χ0v) is 17.6. The van der Waals surface area contributed by atoms with Gasteiger partial charge in [0, 0.05) is 12.2 Å². The smallest absolute Gasteiger partial charge is 0.337 e. The number of nitrogens with zero attached hydrogens (tertiary/aromatic N) is 2. The average Bonchev–Trinajstić information content (AvgIpc) is 3.09. The molecule has 3 rings (SSSR count). The van der Waals surface area contributed by atoms with Gasteiger partial charge in [0.15, 0.2) is 0 Å². The number of aromatic nitrogens is 2. The first-order valence-electron chi connectivity index (χ1n) is 8.92. The Balaban J connectivity index is 2.02. The van der Waals surface area contributed by atoms with Crippen molar-refractivity contribution in [3.05, 3.63) is 56.4 Å². The highest BCUT2D eigenvalue weighted by molar-refractivity contribution is 7.20. The Labute approximate surface area is 175 Å². The van der Waals surface area contributed by atoms with Crippen LogP contribution in [0.4, 0.5) is 5.69 Å². The summed E-state index contributed by atoms with van der Waals surface area (Å²) in [4.78, 5) is 54.4. The first-order valence-corrected chi connectivity index (χ1v) is 9.73. The third-order valence-electron chi connectivity index (χ3n) is 4.50. The molecule has 0 fully saturated rings. The van der Waals surface area contributed by atoms with Crippen LogP contribution in [0.1, 0.15) is 42.9 Å². The zero-order chi connectivity index (χ0) is 22.0. The molecule has 10 heteroatoms. The summed E-state index contributed by atoms with van der Waals surface area (Å²) >= 11 is 1.09. The lowest BCUT2D eigenvalue weighted by molar-refractivity contribution is 0.0599. The number of thiophene rings is 1. The van der Waals surface area contributed by atoms with Crippen LogP contribution in [0.2, 0.25) is 0 Å². The van der Waals surface area contributed by atoms with E-state index in [1.54, 1.807) is 6.92 Å². The molecule has 0 saturated heterocycles. The molecule has 0 saturated carbocycles. The van der Waals surface area contributed by atoms with Gasteiger partial charge in [0.1, 0.15) is 4.83 Å². The van der Waals surface area contributed by atoms with Gasteiger partial charge >= 0.3 is 11.9 Å². The van der Waals surface area contributed by atoms with Gasteiger partial charge in [-0.05, 0) is 37.6 Å². The fourth-order valence-electron chi connectivity index (χ4n) is 2.96. The van der Waals surface area contributed by atoms with Crippen molar-refractivity contribution in [2.24, 2.45) is 0 Å². The maximum atomic E-state index is 12.9. The summed E-state index contributed by atoms with van der Waals surface area (Å²) in [7, 11) is 2.42. The van der Waals surface area contributed by atoms with E-state index in [9.17, 15) is 19.2 Å². The lowest BCUT2D eigenvalue weighted by Gasteiger charge is -2.09. The van der Waals surface area contributed by atoms with E-state index in [2.05, 4.69) is 10.3 Å². The molecule has 0 radical (unpaired) electrons. The number of methoxy groups -OCH3 is 2. The summed E-state index contributed by atoms with van der Waals surface area (Å²) in [6, 6.07) is 4.09. The minimum absolute atomic E-state index is 0.0799. The molecule has 0 spiro atoms. The second-order valence-electron chi connectivity index (χ2n) is 6.31. The van der Waals surface area contributed by atoms with E-state index in [1.807, 2.05) is 6.92 Å². The van der Waals surface area contributed by atoms with Crippen molar-refractivity contribution in [1.29, 1.82) is 0 Å². The Kier molecular flexibility index (Phi) is 5.97. The van der Waals surface area contributed by atoms with Gasteiger partial charge in [0.2, 0.25) is 0 Å². The molecule has 2 aromatic heterocycles. The van der Waals surface area contributed by atoms with Crippen molar-refractivity contribution in [1.82, 2.24) is 9.55 Å². The van der Waals surface area contributed by atoms with Crippen molar-refractivity contribution >= 4 is 45.1 Å². The number of amides is 1. The van der Waals surface area contributed by atoms with Crippen molar-refractivity contribution in [3.63, 3.8) is 0 Å². The van der Waals surface area contributed by atoms with Crippen molar-refractivity contribution in [2.75, 3.05) is 19.5 Å². The molecule has 1 N–H and O–H groups in total. The molecule has 0 aliphatic heterocycles. The van der Waals surface area contributed by atoms with Crippen LogP contribution in [-0.4, -0.2) is 41.6 Å². The van der Waals surface area contributed by atoms with E-state index < -0.39 is 17.8 Å². The summed E-state index contributed by atoms with van der Waals surface area (Å²) in [5, 5.41) is 3.06. The van der Waals surface area contributed by atoms with Crippen LogP contribution in [0.3, 0.4) is 0 Å². The quantitative estimate of drug-likeness (QED) is 0.620.